The van der Waals surface area contributed by atoms with Crippen LogP contribution in [0.25, 0.3) is 0 Å². The molecule has 0 unspecified atom stereocenters. The van der Waals surface area contributed by atoms with E-state index in [9.17, 15) is 13.2 Å². The minimum atomic E-state index is -2.91. The lowest BCUT2D eigenvalue weighted by atomic mass is 10.4. The summed E-state index contributed by atoms with van der Waals surface area (Å²) >= 11 is 0. The second-order valence-corrected chi connectivity index (χ2v) is 5.42. The lowest BCUT2D eigenvalue weighted by molar-refractivity contribution is -0.117. The maximum absolute atomic E-state index is 11.2. The van der Waals surface area contributed by atoms with Gasteiger partial charge in [-0.15, -0.1) is 0 Å². The molecule has 0 spiro atoms. The molecule has 0 atom stereocenters. The highest BCUT2D eigenvalue weighted by atomic mass is 32.2. The van der Waals surface area contributed by atoms with Crippen LogP contribution in [0.2, 0.25) is 0 Å². The first-order valence-electron chi connectivity index (χ1n) is 4.67. The number of amides is 1. The van der Waals surface area contributed by atoms with E-state index in [0.717, 1.165) is 0 Å². The monoisotopic (exact) mass is 222 g/mol. The fourth-order valence-corrected chi connectivity index (χ4v) is 2.26. The van der Waals surface area contributed by atoms with Gasteiger partial charge in [-0.1, -0.05) is 6.92 Å². The molecule has 0 saturated carbocycles. The Hall–Kier alpha value is -0.620. The largest absolute Gasteiger partial charge is 0.370 e. The molecule has 0 radical (unpaired) electrons. The molecule has 0 aliphatic heterocycles. The first-order valence-corrected chi connectivity index (χ1v) is 6.49. The number of carbonyl (C=O) groups excluding carboxylic acids is 1. The van der Waals surface area contributed by atoms with Crippen molar-refractivity contribution in [1.82, 2.24) is 5.32 Å². The number of hydrogen-bond acceptors (Lipinski definition) is 4. The van der Waals surface area contributed by atoms with Crippen molar-refractivity contribution >= 4 is 15.7 Å². The maximum Gasteiger partial charge on any atom is 0.218 e. The van der Waals surface area contributed by atoms with E-state index in [2.05, 4.69) is 5.32 Å². The highest BCUT2D eigenvalue weighted by molar-refractivity contribution is 7.91. The number of nitrogens with two attached hydrogens (primary N) is 1. The second-order valence-electron chi connectivity index (χ2n) is 3.12. The average Bonchev–Trinajstić information content (AvgIpc) is 2.02. The van der Waals surface area contributed by atoms with Crippen molar-refractivity contribution in [2.24, 2.45) is 5.73 Å². The summed E-state index contributed by atoms with van der Waals surface area (Å²) < 4.78 is 22.4. The predicted octanol–water partition coefficient (Wildman–Crippen LogP) is -0.724. The van der Waals surface area contributed by atoms with Crippen LogP contribution in [0, 0.1) is 0 Å². The molecular formula is C8H18N2O3S. The third-order valence-electron chi connectivity index (χ3n) is 1.65. The molecule has 6 heteroatoms. The van der Waals surface area contributed by atoms with Gasteiger partial charge in [0.15, 0.2) is 9.84 Å². The van der Waals surface area contributed by atoms with E-state index in [1.807, 2.05) is 6.92 Å². The highest BCUT2D eigenvalue weighted by Crippen LogP contribution is 1.91. The molecule has 1 amide bonds. The van der Waals surface area contributed by atoms with E-state index in [1.165, 1.54) is 0 Å². The van der Waals surface area contributed by atoms with Crippen LogP contribution in [0.5, 0.6) is 0 Å². The van der Waals surface area contributed by atoms with Gasteiger partial charge in [0.1, 0.15) is 0 Å². The molecule has 5 nitrogen and oxygen atoms in total. The van der Waals surface area contributed by atoms with Gasteiger partial charge in [-0.25, -0.2) is 8.42 Å². The van der Waals surface area contributed by atoms with Crippen LogP contribution in [-0.2, 0) is 14.6 Å². The number of sulfone groups is 1. The minimum absolute atomic E-state index is 0.125. The third-order valence-corrected chi connectivity index (χ3v) is 3.51. The van der Waals surface area contributed by atoms with E-state index in [4.69, 9.17) is 5.73 Å². The third kappa shape index (κ3) is 8.00. The van der Waals surface area contributed by atoms with Gasteiger partial charge in [0.2, 0.25) is 5.91 Å². The molecule has 0 aliphatic rings. The van der Waals surface area contributed by atoms with Crippen molar-refractivity contribution in [1.29, 1.82) is 0 Å². The quantitative estimate of drug-likeness (QED) is 0.530. The molecule has 84 valence electrons. The average molecular weight is 222 g/mol. The first-order chi connectivity index (χ1) is 6.48. The fourth-order valence-electron chi connectivity index (χ4n) is 0.977. The van der Waals surface area contributed by atoms with Crippen molar-refractivity contribution in [3.8, 4) is 0 Å². The van der Waals surface area contributed by atoms with E-state index < -0.39 is 9.84 Å². The maximum atomic E-state index is 11.2. The van der Waals surface area contributed by atoms with Crippen LogP contribution >= 0.6 is 0 Å². The van der Waals surface area contributed by atoms with E-state index >= 15 is 0 Å². The second kappa shape index (κ2) is 6.78. The lowest BCUT2D eigenvalue weighted by Crippen LogP contribution is -2.27. The number of carbonyl (C=O) groups is 1. The van der Waals surface area contributed by atoms with E-state index in [0.29, 0.717) is 19.5 Å². The summed E-state index contributed by atoms with van der Waals surface area (Å²) in [6.45, 7) is 2.66. The van der Waals surface area contributed by atoms with Gasteiger partial charge in [0, 0.05) is 25.3 Å². The molecule has 0 heterocycles. The molecule has 0 bridgehead atoms. The fraction of sp³-hybridized carbons (Fsp3) is 0.875. The Balaban J connectivity index is 3.49. The Bertz CT molecular complexity index is 262. The van der Waals surface area contributed by atoms with Gasteiger partial charge < -0.3 is 11.1 Å². The molecule has 0 saturated heterocycles. The van der Waals surface area contributed by atoms with Gasteiger partial charge in [0.25, 0.3) is 0 Å². The Kier molecular flexibility index (Phi) is 6.48. The zero-order valence-electron chi connectivity index (χ0n) is 8.45. The molecule has 0 aromatic carbocycles. The molecule has 0 aliphatic carbocycles. The Morgan fingerprint density at radius 3 is 2.43 bits per heavy atom. The molecule has 0 aromatic rings. The Morgan fingerprint density at radius 1 is 1.29 bits per heavy atom. The summed E-state index contributed by atoms with van der Waals surface area (Å²) in [6.07, 6.45) is 0.886. The van der Waals surface area contributed by atoms with Crippen molar-refractivity contribution in [3.05, 3.63) is 0 Å². The summed E-state index contributed by atoms with van der Waals surface area (Å²) in [7, 11) is -2.91. The van der Waals surface area contributed by atoms with Gasteiger partial charge >= 0.3 is 0 Å². The SMILES string of the molecule is CCCS(=O)(=O)CCNCCC(N)=O. The molecule has 0 fully saturated rings. The number of primary amides is 1. The van der Waals surface area contributed by atoms with Crippen LogP contribution < -0.4 is 11.1 Å². The Labute approximate surface area is 85.0 Å². The van der Waals surface area contributed by atoms with Gasteiger partial charge in [-0.05, 0) is 6.42 Å². The van der Waals surface area contributed by atoms with Crippen molar-refractivity contribution in [2.45, 2.75) is 19.8 Å². The van der Waals surface area contributed by atoms with E-state index in [-0.39, 0.29) is 23.8 Å². The van der Waals surface area contributed by atoms with Crippen LogP contribution in [0.4, 0.5) is 0 Å². The van der Waals surface area contributed by atoms with Gasteiger partial charge in [0.05, 0.1) is 5.75 Å². The van der Waals surface area contributed by atoms with Crippen molar-refractivity contribution < 1.29 is 13.2 Å². The lowest BCUT2D eigenvalue weighted by Gasteiger charge is -2.03. The summed E-state index contributed by atoms with van der Waals surface area (Å²) in [5.74, 6) is -0.0293. The van der Waals surface area contributed by atoms with Gasteiger partial charge in [-0.3, -0.25) is 4.79 Å². The summed E-state index contributed by atoms with van der Waals surface area (Å²) in [5.41, 5.74) is 4.91. The molecule has 14 heavy (non-hydrogen) atoms. The van der Waals surface area contributed by atoms with E-state index in [1.54, 1.807) is 0 Å². The summed E-state index contributed by atoms with van der Waals surface area (Å²) in [6, 6.07) is 0. The molecule has 0 rings (SSSR count). The first kappa shape index (κ1) is 13.4. The molecular weight excluding hydrogens is 204 g/mol. The zero-order valence-corrected chi connectivity index (χ0v) is 9.27. The number of rotatable bonds is 8. The van der Waals surface area contributed by atoms with Crippen LogP contribution in [0.15, 0.2) is 0 Å². The van der Waals surface area contributed by atoms with Crippen LogP contribution in [0.3, 0.4) is 0 Å². The predicted molar refractivity (Wildman–Crippen MR) is 55.6 cm³/mol. The van der Waals surface area contributed by atoms with Crippen molar-refractivity contribution in [3.63, 3.8) is 0 Å². The molecule has 0 aromatic heterocycles. The Morgan fingerprint density at radius 2 is 1.93 bits per heavy atom. The minimum Gasteiger partial charge on any atom is -0.370 e. The number of nitrogens with one attached hydrogen (secondary N) is 1. The smallest absolute Gasteiger partial charge is 0.218 e. The standard InChI is InChI=1S/C8H18N2O3S/c1-2-6-14(12,13)7-5-10-4-3-8(9)11/h10H,2-7H2,1H3,(H2,9,11). The zero-order chi connectivity index (χ0) is 11.0. The highest BCUT2D eigenvalue weighted by Gasteiger charge is 2.07. The topological polar surface area (TPSA) is 89.3 Å². The summed E-state index contributed by atoms with van der Waals surface area (Å²) in [4.78, 5) is 10.3. The number of hydrogen-bond donors (Lipinski definition) is 2. The van der Waals surface area contributed by atoms with Crippen LogP contribution in [-0.4, -0.2) is 38.9 Å². The van der Waals surface area contributed by atoms with Gasteiger partial charge in [-0.2, -0.15) is 0 Å². The van der Waals surface area contributed by atoms with Crippen LogP contribution in [0.1, 0.15) is 19.8 Å². The summed E-state index contributed by atoms with van der Waals surface area (Å²) in [5, 5.41) is 2.85. The normalized spacial score (nSPS) is 11.5. The molecule has 3 N–H and O–H groups in total. The van der Waals surface area contributed by atoms with Crippen molar-refractivity contribution in [2.75, 3.05) is 24.6 Å².